The van der Waals surface area contributed by atoms with Gasteiger partial charge >= 0.3 is 0 Å². The Morgan fingerprint density at radius 1 is 1.15 bits per heavy atom. The van der Waals surface area contributed by atoms with Crippen molar-refractivity contribution in [1.29, 1.82) is 0 Å². The Hall–Kier alpha value is -1.71. The Kier molecular flexibility index (Phi) is 4.88. The molecule has 0 fully saturated rings. The SMILES string of the molecule is CNCc1cccc(Cl)c1Oc1ccc(C)cc1OC. The third-order valence-corrected chi connectivity index (χ3v) is 3.24. The van der Waals surface area contributed by atoms with E-state index in [4.69, 9.17) is 21.1 Å². The fourth-order valence-corrected chi connectivity index (χ4v) is 2.20. The molecule has 0 unspecified atom stereocenters. The van der Waals surface area contributed by atoms with Gasteiger partial charge in [0.25, 0.3) is 0 Å². The quantitative estimate of drug-likeness (QED) is 0.897. The summed E-state index contributed by atoms with van der Waals surface area (Å²) in [4.78, 5) is 0. The van der Waals surface area contributed by atoms with Gasteiger partial charge in [-0.3, -0.25) is 0 Å². The van der Waals surface area contributed by atoms with Crippen molar-refractivity contribution in [2.24, 2.45) is 0 Å². The van der Waals surface area contributed by atoms with Crippen molar-refractivity contribution in [3.8, 4) is 17.2 Å². The summed E-state index contributed by atoms with van der Waals surface area (Å²) in [5.74, 6) is 2.01. The number of benzene rings is 2. The van der Waals surface area contributed by atoms with E-state index >= 15 is 0 Å². The summed E-state index contributed by atoms with van der Waals surface area (Å²) in [6.07, 6.45) is 0. The average molecular weight is 292 g/mol. The largest absolute Gasteiger partial charge is 0.493 e. The number of hydrogen-bond acceptors (Lipinski definition) is 3. The number of hydrogen-bond donors (Lipinski definition) is 1. The fraction of sp³-hybridized carbons (Fsp3) is 0.250. The minimum Gasteiger partial charge on any atom is -0.493 e. The number of halogens is 1. The van der Waals surface area contributed by atoms with Gasteiger partial charge < -0.3 is 14.8 Å². The van der Waals surface area contributed by atoms with E-state index in [1.54, 1.807) is 7.11 Å². The van der Waals surface area contributed by atoms with Crippen molar-refractivity contribution < 1.29 is 9.47 Å². The Labute approximate surface area is 124 Å². The fourth-order valence-electron chi connectivity index (χ4n) is 1.97. The van der Waals surface area contributed by atoms with E-state index in [1.807, 2.05) is 50.4 Å². The summed E-state index contributed by atoms with van der Waals surface area (Å²) in [6.45, 7) is 2.69. The first-order valence-electron chi connectivity index (χ1n) is 6.40. The van der Waals surface area contributed by atoms with E-state index in [0.29, 0.717) is 28.8 Å². The predicted molar refractivity (Wildman–Crippen MR) is 82.0 cm³/mol. The molecule has 2 rings (SSSR count). The molecule has 3 nitrogen and oxygen atoms in total. The molecule has 0 saturated carbocycles. The highest BCUT2D eigenvalue weighted by atomic mass is 35.5. The molecule has 2 aromatic carbocycles. The van der Waals surface area contributed by atoms with Gasteiger partial charge in [0.15, 0.2) is 17.2 Å². The van der Waals surface area contributed by atoms with E-state index in [9.17, 15) is 0 Å². The van der Waals surface area contributed by atoms with Crippen LogP contribution in [-0.2, 0) is 6.54 Å². The summed E-state index contributed by atoms with van der Waals surface area (Å²) in [6, 6.07) is 11.5. The number of para-hydroxylation sites is 1. The summed E-state index contributed by atoms with van der Waals surface area (Å²) in [5, 5.41) is 3.69. The maximum Gasteiger partial charge on any atom is 0.169 e. The number of aryl methyl sites for hydroxylation is 1. The number of nitrogens with one attached hydrogen (secondary N) is 1. The molecular formula is C16H18ClNO2. The Morgan fingerprint density at radius 2 is 1.95 bits per heavy atom. The molecule has 20 heavy (non-hydrogen) atoms. The van der Waals surface area contributed by atoms with Gasteiger partial charge in [-0.1, -0.05) is 29.8 Å². The maximum absolute atomic E-state index is 6.25. The summed E-state index contributed by atoms with van der Waals surface area (Å²) < 4.78 is 11.3. The Bertz CT molecular complexity index is 599. The van der Waals surface area contributed by atoms with E-state index in [0.717, 1.165) is 11.1 Å². The molecule has 0 bridgehead atoms. The van der Waals surface area contributed by atoms with Crippen molar-refractivity contribution >= 4 is 11.6 Å². The molecule has 106 valence electrons. The lowest BCUT2D eigenvalue weighted by molar-refractivity contribution is 0.377. The molecule has 0 heterocycles. The highest BCUT2D eigenvalue weighted by molar-refractivity contribution is 6.32. The van der Waals surface area contributed by atoms with Crippen molar-refractivity contribution in [3.63, 3.8) is 0 Å². The second kappa shape index (κ2) is 6.64. The van der Waals surface area contributed by atoms with E-state index < -0.39 is 0 Å². The molecule has 4 heteroatoms. The lowest BCUT2D eigenvalue weighted by Crippen LogP contribution is -2.06. The molecule has 0 saturated heterocycles. The van der Waals surface area contributed by atoms with E-state index in [2.05, 4.69) is 5.32 Å². The standard InChI is InChI=1S/C16H18ClNO2/c1-11-7-8-14(15(9-11)19-3)20-16-12(10-18-2)5-4-6-13(16)17/h4-9,18H,10H2,1-3H3. The molecule has 0 amide bonds. The predicted octanol–water partition coefficient (Wildman–Crippen LogP) is 4.17. The zero-order valence-electron chi connectivity index (χ0n) is 11.9. The molecule has 2 aromatic rings. The van der Waals surface area contributed by atoms with Crippen LogP contribution in [0.5, 0.6) is 17.2 Å². The summed E-state index contributed by atoms with van der Waals surface area (Å²) in [5.41, 5.74) is 2.12. The first-order chi connectivity index (χ1) is 9.65. The minimum absolute atomic E-state index is 0.584. The molecule has 0 spiro atoms. The molecule has 0 aliphatic rings. The molecule has 0 radical (unpaired) electrons. The molecule has 1 N–H and O–H groups in total. The van der Waals surface area contributed by atoms with Crippen LogP contribution in [0.25, 0.3) is 0 Å². The zero-order chi connectivity index (χ0) is 14.5. The van der Waals surface area contributed by atoms with Crippen LogP contribution in [0.4, 0.5) is 0 Å². The molecule has 0 aromatic heterocycles. The number of rotatable bonds is 5. The smallest absolute Gasteiger partial charge is 0.169 e. The number of methoxy groups -OCH3 is 1. The monoisotopic (exact) mass is 291 g/mol. The summed E-state index contributed by atoms with van der Waals surface area (Å²) in [7, 11) is 3.51. The van der Waals surface area contributed by atoms with Gasteiger partial charge in [0.2, 0.25) is 0 Å². The van der Waals surface area contributed by atoms with Crippen LogP contribution in [0.15, 0.2) is 36.4 Å². The van der Waals surface area contributed by atoms with Crippen LogP contribution < -0.4 is 14.8 Å². The normalized spacial score (nSPS) is 10.4. The Balaban J connectivity index is 2.39. The van der Waals surface area contributed by atoms with Crippen LogP contribution in [0, 0.1) is 6.92 Å². The summed E-state index contributed by atoms with van der Waals surface area (Å²) >= 11 is 6.25. The van der Waals surface area contributed by atoms with Gasteiger partial charge in [0, 0.05) is 12.1 Å². The molecule has 0 aliphatic carbocycles. The Morgan fingerprint density at radius 3 is 2.65 bits per heavy atom. The third-order valence-electron chi connectivity index (χ3n) is 2.95. The highest BCUT2D eigenvalue weighted by Gasteiger charge is 2.12. The van der Waals surface area contributed by atoms with Crippen molar-refractivity contribution in [3.05, 3.63) is 52.5 Å². The van der Waals surface area contributed by atoms with Crippen LogP contribution >= 0.6 is 11.6 Å². The van der Waals surface area contributed by atoms with Gasteiger partial charge in [-0.05, 0) is 37.7 Å². The average Bonchev–Trinajstić information content (AvgIpc) is 2.44. The number of ether oxygens (including phenoxy) is 2. The van der Waals surface area contributed by atoms with E-state index in [-0.39, 0.29) is 0 Å². The third kappa shape index (κ3) is 3.24. The highest BCUT2D eigenvalue weighted by Crippen LogP contribution is 2.37. The first-order valence-corrected chi connectivity index (χ1v) is 6.78. The van der Waals surface area contributed by atoms with Gasteiger partial charge in [-0.2, -0.15) is 0 Å². The van der Waals surface area contributed by atoms with Gasteiger partial charge in [-0.15, -0.1) is 0 Å². The van der Waals surface area contributed by atoms with Crippen LogP contribution in [-0.4, -0.2) is 14.2 Å². The van der Waals surface area contributed by atoms with Gasteiger partial charge in [0.05, 0.1) is 12.1 Å². The second-order valence-electron chi connectivity index (χ2n) is 4.51. The second-order valence-corrected chi connectivity index (χ2v) is 4.92. The van der Waals surface area contributed by atoms with Crippen molar-refractivity contribution in [1.82, 2.24) is 5.32 Å². The van der Waals surface area contributed by atoms with Crippen LogP contribution in [0.3, 0.4) is 0 Å². The van der Waals surface area contributed by atoms with Crippen molar-refractivity contribution in [2.45, 2.75) is 13.5 Å². The molecule has 0 atom stereocenters. The zero-order valence-corrected chi connectivity index (χ0v) is 12.6. The van der Waals surface area contributed by atoms with Gasteiger partial charge in [-0.25, -0.2) is 0 Å². The minimum atomic E-state index is 0.584. The lowest BCUT2D eigenvalue weighted by atomic mass is 10.2. The van der Waals surface area contributed by atoms with Crippen molar-refractivity contribution in [2.75, 3.05) is 14.2 Å². The first kappa shape index (κ1) is 14.7. The lowest BCUT2D eigenvalue weighted by Gasteiger charge is -2.15. The van der Waals surface area contributed by atoms with E-state index in [1.165, 1.54) is 0 Å². The van der Waals surface area contributed by atoms with Crippen LogP contribution in [0.1, 0.15) is 11.1 Å². The molecule has 0 aliphatic heterocycles. The topological polar surface area (TPSA) is 30.5 Å². The maximum atomic E-state index is 6.25. The van der Waals surface area contributed by atoms with Crippen LogP contribution in [0.2, 0.25) is 5.02 Å². The van der Waals surface area contributed by atoms with Gasteiger partial charge in [0.1, 0.15) is 0 Å². The molecular weight excluding hydrogens is 274 g/mol.